The molecule has 1 aliphatic heterocycles. The molecule has 156 valence electrons. The number of benzene rings is 2. The Kier molecular flexibility index (Phi) is 5.86. The Morgan fingerprint density at radius 1 is 1.13 bits per heavy atom. The minimum Gasteiger partial charge on any atom is -0.323 e. The summed E-state index contributed by atoms with van der Waals surface area (Å²) in [5.41, 5.74) is 0.820. The van der Waals surface area contributed by atoms with Crippen molar-refractivity contribution in [2.75, 3.05) is 18.4 Å². The summed E-state index contributed by atoms with van der Waals surface area (Å²) in [5.74, 6) is -0.534. The van der Waals surface area contributed by atoms with Crippen molar-refractivity contribution in [3.8, 4) is 0 Å². The number of thiophene rings is 1. The molecule has 0 fully saturated rings. The van der Waals surface area contributed by atoms with E-state index >= 15 is 0 Å². The molecule has 4 rings (SSSR count). The fourth-order valence-electron chi connectivity index (χ4n) is 3.82. The van der Waals surface area contributed by atoms with E-state index in [2.05, 4.69) is 11.4 Å². The zero-order chi connectivity index (χ0) is 21.3. The van der Waals surface area contributed by atoms with Crippen molar-refractivity contribution in [1.29, 1.82) is 0 Å². The van der Waals surface area contributed by atoms with Crippen LogP contribution in [0.4, 0.5) is 18.9 Å². The van der Waals surface area contributed by atoms with Crippen molar-refractivity contribution in [2.45, 2.75) is 18.6 Å². The van der Waals surface area contributed by atoms with Gasteiger partial charge in [0.15, 0.2) is 0 Å². The smallest absolute Gasteiger partial charge is 0.323 e. The van der Waals surface area contributed by atoms with E-state index in [1.165, 1.54) is 17.0 Å². The van der Waals surface area contributed by atoms with Gasteiger partial charge in [0.1, 0.15) is 0 Å². The minimum absolute atomic E-state index is 0.0443. The molecule has 0 spiro atoms. The second-order valence-electron chi connectivity index (χ2n) is 7.04. The maximum atomic E-state index is 13.3. The number of para-hydroxylation sites is 1. The Morgan fingerprint density at radius 3 is 2.63 bits per heavy atom. The van der Waals surface area contributed by atoms with Gasteiger partial charge in [-0.1, -0.05) is 48.0 Å². The highest BCUT2D eigenvalue weighted by atomic mass is 35.5. The highest BCUT2D eigenvalue weighted by molar-refractivity contribution is 7.10. The molecule has 1 aromatic heterocycles. The number of nitrogens with one attached hydrogen (secondary N) is 1. The van der Waals surface area contributed by atoms with Gasteiger partial charge >= 0.3 is 6.18 Å². The molecule has 8 heteroatoms. The summed E-state index contributed by atoms with van der Waals surface area (Å²) in [6.45, 7) is 0.590. The molecule has 0 radical (unpaired) electrons. The van der Waals surface area contributed by atoms with Crippen molar-refractivity contribution < 1.29 is 18.0 Å². The molecule has 1 aliphatic rings. The fourth-order valence-corrected chi connectivity index (χ4v) is 4.94. The number of amides is 1. The lowest BCUT2D eigenvalue weighted by Crippen LogP contribution is -2.40. The summed E-state index contributed by atoms with van der Waals surface area (Å²) in [6.07, 6.45) is -3.82. The molecule has 0 unspecified atom stereocenters. The van der Waals surface area contributed by atoms with Crippen LogP contribution in [-0.4, -0.2) is 23.9 Å². The predicted octanol–water partition coefficient (Wildman–Crippen LogP) is 6.01. The number of rotatable bonds is 4. The second-order valence-corrected chi connectivity index (χ2v) is 8.45. The first-order valence-electron chi connectivity index (χ1n) is 9.35. The van der Waals surface area contributed by atoms with Gasteiger partial charge in [-0.05, 0) is 41.1 Å². The lowest BCUT2D eigenvalue weighted by Gasteiger charge is -2.35. The fraction of sp³-hybridized carbons (Fsp3) is 0.227. The van der Waals surface area contributed by atoms with Crippen LogP contribution in [0.15, 0.2) is 60.0 Å². The van der Waals surface area contributed by atoms with Crippen LogP contribution in [0.3, 0.4) is 0 Å². The molecule has 0 aliphatic carbocycles. The topological polar surface area (TPSA) is 32.3 Å². The Bertz CT molecular complexity index is 1050. The van der Waals surface area contributed by atoms with Crippen LogP contribution in [0.2, 0.25) is 5.02 Å². The highest BCUT2D eigenvalue weighted by Gasteiger charge is 2.35. The number of anilines is 1. The summed E-state index contributed by atoms with van der Waals surface area (Å²) < 4.78 is 40.0. The molecular formula is C22H18ClF3N2OS. The molecule has 2 heterocycles. The lowest BCUT2D eigenvalue weighted by molar-refractivity contribution is -0.137. The van der Waals surface area contributed by atoms with Gasteiger partial charge in [-0.25, -0.2) is 0 Å². The Balaban J connectivity index is 1.59. The van der Waals surface area contributed by atoms with Crippen LogP contribution in [0.5, 0.6) is 0 Å². The zero-order valence-electron chi connectivity index (χ0n) is 15.7. The molecule has 0 bridgehead atoms. The van der Waals surface area contributed by atoms with Gasteiger partial charge in [0, 0.05) is 11.4 Å². The number of alkyl halides is 3. The maximum Gasteiger partial charge on any atom is 0.418 e. The SMILES string of the molecule is O=C(CN1CCc2sccc2[C@@H]1c1ccccc1)Nc1c(Cl)cccc1C(F)(F)F. The zero-order valence-corrected chi connectivity index (χ0v) is 17.3. The van der Waals surface area contributed by atoms with E-state index in [1.807, 2.05) is 40.6 Å². The largest absolute Gasteiger partial charge is 0.418 e. The quantitative estimate of drug-likeness (QED) is 0.528. The van der Waals surface area contributed by atoms with Gasteiger partial charge in [0.05, 0.1) is 28.9 Å². The molecule has 1 amide bonds. The normalized spacial score (nSPS) is 16.9. The Morgan fingerprint density at radius 2 is 1.90 bits per heavy atom. The summed E-state index contributed by atoms with van der Waals surface area (Å²) >= 11 is 7.66. The first kappa shape index (κ1) is 20.9. The van der Waals surface area contributed by atoms with Crippen LogP contribution in [0, 0.1) is 0 Å². The standard InChI is InChI=1S/C22H18ClF3N2OS/c23-17-8-4-7-16(22(24,25)26)20(17)27-19(29)13-28-11-9-18-15(10-12-30-18)21(28)14-5-2-1-3-6-14/h1-8,10,12,21H,9,11,13H2,(H,27,29)/t21-/m0/s1. The van der Waals surface area contributed by atoms with Crippen molar-refractivity contribution in [3.63, 3.8) is 0 Å². The van der Waals surface area contributed by atoms with Crippen molar-refractivity contribution in [2.24, 2.45) is 0 Å². The van der Waals surface area contributed by atoms with E-state index in [1.54, 1.807) is 11.3 Å². The first-order chi connectivity index (χ1) is 14.3. The number of fused-ring (bicyclic) bond motifs is 1. The molecule has 0 saturated carbocycles. The first-order valence-corrected chi connectivity index (χ1v) is 10.6. The molecular weight excluding hydrogens is 433 g/mol. The van der Waals surface area contributed by atoms with Crippen LogP contribution in [0.1, 0.15) is 27.6 Å². The third-order valence-corrected chi connectivity index (χ3v) is 6.42. The van der Waals surface area contributed by atoms with Crippen LogP contribution in [0.25, 0.3) is 0 Å². The van der Waals surface area contributed by atoms with Gasteiger partial charge in [-0.2, -0.15) is 13.2 Å². The summed E-state index contributed by atoms with van der Waals surface area (Å²) in [5, 5.41) is 4.28. The number of hydrogen-bond donors (Lipinski definition) is 1. The summed E-state index contributed by atoms with van der Waals surface area (Å²) in [4.78, 5) is 16.0. The van der Waals surface area contributed by atoms with E-state index in [0.717, 1.165) is 23.6 Å². The molecule has 3 nitrogen and oxygen atoms in total. The van der Waals surface area contributed by atoms with Gasteiger partial charge in [0.2, 0.25) is 5.91 Å². The van der Waals surface area contributed by atoms with E-state index in [9.17, 15) is 18.0 Å². The van der Waals surface area contributed by atoms with Crippen LogP contribution >= 0.6 is 22.9 Å². The van der Waals surface area contributed by atoms with E-state index in [-0.39, 0.29) is 17.6 Å². The van der Waals surface area contributed by atoms with Gasteiger partial charge in [-0.3, -0.25) is 9.69 Å². The third kappa shape index (κ3) is 4.24. The summed E-state index contributed by atoms with van der Waals surface area (Å²) in [6, 6.07) is 15.2. The minimum atomic E-state index is -4.61. The number of halogens is 4. The molecule has 1 atom stereocenters. The molecule has 3 aromatic rings. The molecule has 30 heavy (non-hydrogen) atoms. The third-order valence-electron chi connectivity index (χ3n) is 5.11. The summed E-state index contributed by atoms with van der Waals surface area (Å²) in [7, 11) is 0. The van der Waals surface area contributed by atoms with E-state index < -0.39 is 23.3 Å². The second kappa shape index (κ2) is 8.41. The van der Waals surface area contributed by atoms with Crippen LogP contribution in [-0.2, 0) is 17.4 Å². The van der Waals surface area contributed by atoms with E-state index in [4.69, 9.17) is 11.6 Å². The monoisotopic (exact) mass is 450 g/mol. The van der Waals surface area contributed by atoms with Gasteiger partial charge in [0.25, 0.3) is 0 Å². The lowest BCUT2D eigenvalue weighted by atomic mass is 9.93. The predicted molar refractivity (Wildman–Crippen MR) is 113 cm³/mol. The average Bonchev–Trinajstić information content (AvgIpc) is 3.18. The Hall–Kier alpha value is -2.35. The Labute approximate surface area is 181 Å². The van der Waals surface area contributed by atoms with Gasteiger partial charge < -0.3 is 5.32 Å². The van der Waals surface area contributed by atoms with Crippen molar-refractivity contribution in [1.82, 2.24) is 4.90 Å². The molecule has 1 N–H and O–H groups in total. The number of carbonyl (C=O) groups excluding carboxylic acids is 1. The number of carbonyl (C=O) groups is 1. The van der Waals surface area contributed by atoms with Crippen molar-refractivity contribution >= 4 is 34.5 Å². The van der Waals surface area contributed by atoms with Gasteiger partial charge in [-0.15, -0.1) is 11.3 Å². The maximum absolute atomic E-state index is 13.3. The molecule has 2 aromatic carbocycles. The van der Waals surface area contributed by atoms with E-state index in [0.29, 0.717) is 6.54 Å². The van der Waals surface area contributed by atoms with Crippen LogP contribution < -0.4 is 5.32 Å². The molecule has 0 saturated heterocycles. The average molecular weight is 451 g/mol. The highest BCUT2D eigenvalue weighted by Crippen LogP contribution is 2.39. The number of nitrogens with zero attached hydrogens (tertiary/aromatic N) is 1. The van der Waals surface area contributed by atoms with Crippen molar-refractivity contribution in [3.05, 3.63) is 86.6 Å². The number of hydrogen-bond acceptors (Lipinski definition) is 3.